The third-order valence-corrected chi connectivity index (χ3v) is 3.69. The molecule has 0 spiro atoms. The first-order chi connectivity index (χ1) is 10.7. The zero-order valence-electron chi connectivity index (χ0n) is 12.6. The lowest BCUT2D eigenvalue weighted by Crippen LogP contribution is -2.37. The van der Waals surface area contributed by atoms with Gasteiger partial charge in [0.1, 0.15) is 5.52 Å². The highest BCUT2D eigenvalue weighted by atomic mass is 16.1. The molecule has 1 atom stereocenters. The molecule has 1 amide bonds. The number of nitrogens with one attached hydrogen (secondary N) is 1. The first-order valence-electron chi connectivity index (χ1n) is 7.23. The van der Waals surface area contributed by atoms with E-state index in [2.05, 4.69) is 20.6 Å². The van der Waals surface area contributed by atoms with Gasteiger partial charge in [-0.3, -0.25) is 4.79 Å². The number of fused-ring (bicyclic) bond motifs is 1. The fourth-order valence-corrected chi connectivity index (χ4v) is 2.38. The smallest absolute Gasteiger partial charge is 0.251 e. The van der Waals surface area contributed by atoms with Crippen molar-refractivity contribution >= 4 is 16.9 Å². The molecule has 114 valence electrons. The molecule has 0 saturated heterocycles. The molecule has 3 aromatic rings. The van der Waals surface area contributed by atoms with Crippen molar-refractivity contribution in [2.75, 3.05) is 0 Å². The van der Waals surface area contributed by atoms with Crippen molar-refractivity contribution in [2.24, 2.45) is 7.05 Å². The average Bonchev–Trinajstić information content (AvgIpc) is 3.16. The molecule has 2 heterocycles. The van der Waals surface area contributed by atoms with Crippen LogP contribution in [0.4, 0.5) is 0 Å². The summed E-state index contributed by atoms with van der Waals surface area (Å²) in [6.07, 6.45) is 6.22. The number of amides is 1. The minimum absolute atomic E-state index is 0.0549. The molecule has 0 fully saturated rings. The molecule has 0 unspecified atom stereocenters. The fraction of sp³-hybridized carbons (Fsp3) is 0.333. The van der Waals surface area contributed by atoms with Crippen LogP contribution in [0.25, 0.3) is 11.0 Å². The number of rotatable bonds is 5. The van der Waals surface area contributed by atoms with Gasteiger partial charge >= 0.3 is 0 Å². The summed E-state index contributed by atoms with van der Waals surface area (Å²) in [5, 5.41) is 11.0. The van der Waals surface area contributed by atoms with Crippen LogP contribution >= 0.6 is 0 Å². The monoisotopic (exact) mass is 298 g/mol. The molecule has 0 aliphatic rings. The van der Waals surface area contributed by atoms with Crippen molar-refractivity contribution in [2.45, 2.75) is 25.9 Å². The summed E-state index contributed by atoms with van der Waals surface area (Å²) < 4.78 is 3.64. The second-order valence-corrected chi connectivity index (χ2v) is 5.25. The predicted octanol–water partition coefficient (Wildman–Crippen LogP) is 1.37. The van der Waals surface area contributed by atoms with Gasteiger partial charge in [0, 0.05) is 37.6 Å². The molecule has 0 aliphatic heterocycles. The van der Waals surface area contributed by atoms with E-state index >= 15 is 0 Å². The van der Waals surface area contributed by atoms with Crippen LogP contribution in [0.5, 0.6) is 0 Å². The Labute approximate surface area is 128 Å². The van der Waals surface area contributed by atoms with Gasteiger partial charge in [-0.15, -0.1) is 5.10 Å². The Morgan fingerprint density at radius 2 is 2.27 bits per heavy atom. The first-order valence-corrected chi connectivity index (χ1v) is 7.23. The standard InChI is InChI=1S/C15H18N6O/c1-3-12(9-21-7-6-16-10-21)17-15(22)11-4-5-14-13(8-11)18-19-20(14)2/h4-8,10,12H,3,9H2,1-2H3,(H,17,22)/t12-/m0/s1. The van der Waals surface area contributed by atoms with Gasteiger partial charge in [-0.1, -0.05) is 12.1 Å². The molecule has 0 aliphatic carbocycles. The summed E-state index contributed by atoms with van der Waals surface area (Å²) in [5.41, 5.74) is 2.22. The summed E-state index contributed by atoms with van der Waals surface area (Å²) in [7, 11) is 1.83. The molecular weight excluding hydrogens is 280 g/mol. The van der Waals surface area contributed by atoms with Gasteiger partial charge in [0.05, 0.1) is 11.8 Å². The summed E-state index contributed by atoms with van der Waals surface area (Å²) in [6.45, 7) is 2.75. The number of hydrogen-bond acceptors (Lipinski definition) is 4. The van der Waals surface area contributed by atoms with Crippen molar-refractivity contribution in [1.82, 2.24) is 29.9 Å². The Bertz CT molecular complexity index is 777. The Hall–Kier alpha value is -2.70. The molecule has 22 heavy (non-hydrogen) atoms. The van der Waals surface area contributed by atoms with Gasteiger partial charge < -0.3 is 9.88 Å². The Morgan fingerprint density at radius 1 is 1.41 bits per heavy atom. The summed E-state index contributed by atoms with van der Waals surface area (Å²) in [5.74, 6) is -0.0977. The molecule has 3 rings (SSSR count). The topological polar surface area (TPSA) is 77.6 Å². The molecular formula is C15H18N6O. The van der Waals surface area contributed by atoms with Crippen LogP contribution in [-0.2, 0) is 13.6 Å². The lowest BCUT2D eigenvalue weighted by molar-refractivity contribution is 0.0932. The van der Waals surface area contributed by atoms with E-state index in [1.165, 1.54) is 0 Å². The van der Waals surface area contributed by atoms with Crippen molar-refractivity contribution < 1.29 is 4.79 Å². The summed E-state index contributed by atoms with van der Waals surface area (Å²) in [6, 6.07) is 5.48. The number of imidazole rings is 1. The highest BCUT2D eigenvalue weighted by molar-refractivity contribution is 5.97. The predicted molar refractivity (Wildman–Crippen MR) is 82.3 cm³/mol. The number of carbonyl (C=O) groups excluding carboxylic acids is 1. The number of carbonyl (C=O) groups is 1. The van der Waals surface area contributed by atoms with Gasteiger partial charge in [-0.25, -0.2) is 9.67 Å². The number of hydrogen-bond donors (Lipinski definition) is 1. The number of aryl methyl sites for hydroxylation is 1. The summed E-state index contributed by atoms with van der Waals surface area (Å²) >= 11 is 0. The van der Waals surface area contributed by atoms with E-state index < -0.39 is 0 Å². The van der Waals surface area contributed by atoms with E-state index in [1.54, 1.807) is 29.3 Å². The van der Waals surface area contributed by atoms with Crippen LogP contribution in [0.3, 0.4) is 0 Å². The maximum atomic E-state index is 12.4. The third-order valence-electron chi connectivity index (χ3n) is 3.69. The van der Waals surface area contributed by atoms with Gasteiger partial charge in [-0.05, 0) is 24.6 Å². The third kappa shape index (κ3) is 2.83. The van der Waals surface area contributed by atoms with Crippen molar-refractivity contribution in [3.8, 4) is 0 Å². The van der Waals surface area contributed by atoms with Crippen molar-refractivity contribution in [1.29, 1.82) is 0 Å². The van der Waals surface area contributed by atoms with E-state index in [-0.39, 0.29) is 11.9 Å². The van der Waals surface area contributed by atoms with E-state index in [0.29, 0.717) is 12.1 Å². The van der Waals surface area contributed by atoms with Crippen LogP contribution < -0.4 is 5.32 Å². The second-order valence-electron chi connectivity index (χ2n) is 5.25. The van der Waals surface area contributed by atoms with Gasteiger partial charge in [-0.2, -0.15) is 0 Å². The summed E-state index contributed by atoms with van der Waals surface area (Å²) in [4.78, 5) is 16.4. The lowest BCUT2D eigenvalue weighted by Gasteiger charge is -2.17. The molecule has 0 bridgehead atoms. The van der Waals surface area contributed by atoms with Gasteiger partial charge in [0.15, 0.2) is 0 Å². The Morgan fingerprint density at radius 3 is 3.00 bits per heavy atom. The molecule has 2 aromatic heterocycles. The lowest BCUT2D eigenvalue weighted by atomic mass is 10.1. The Balaban J connectivity index is 1.73. The quantitative estimate of drug-likeness (QED) is 0.772. The maximum absolute atomic E-state index is 12.4. The van der Waals surface area contributed by atoms with E-state index in [9.17, 15) is 4.79 Å². The van der Waals surface area contributed by atoms with Crippen LogP contribution in [0.1, 0.15) is 23.7 Å². The van der Waals surface area contributed by atoms with E-state index in [1.807, 2.05) is 30.8 Å². The van der Waals surface area contributed by atoms with Crippen LogP contribution in [-0.4, -0.2) is 36.5 Å². The highest BCUT2D eigenvalue weighted by Crippen LogP contribution is 2.13. The SMILES string of the molecule is CC[C@@H](Cn1ccnc1)NC(=O)c1ccc2c(c1)nnn2C. The molecule has 1 N–H and O–H groups in total. The van der Waals surface area contributed by atoms with E-state index in [4.69, 9.17) is 0 Å². The molecule has 7 nitrogen and oxygen atoms in total. The van der Waals surface area contributed by atoms with Crippen molar-refractivity contribution in [3.05, 3.63) is 42.5 Å². The Kier molecular flexibility index (Phi) is 3.86. The zero-order valence-corrected chi connectivity index (χ0v) is 12.6. The minimum atomic E-state index is -0.0977. The normalized spacial score (nSPS) is 12.5. The fourth-order valence-electron chi connectivity index (χ4n) is 2.38. The van der Waals surface area contributed by atoms with Gasteiger partial charge in [0.2, 0.25) is 0 Å². The van der Waals surface area contributed by atoms with Gasteiger partial charge in [0.25, 0.3) is 5.91 Å². The molecule has 0 radical (unpaired) electrons. The number of benzene rings is 1. The minimum Gasteiger partial charge on any atom is -0.348 e. The number of nitrogens with zero attached hydrogens (tertiary/aromatic N) is 5. The zero-order chi connectivity index (χ0) is 15.5. The first kappa shape index (κ1) is 14.2. The number of aromatic nitrogens is 5. The molecule has 7 heteroatoms. The highest BCUT2D eigenvalue weighted by Gasteiger charge is 2.14. The van der Waals surface area contributed by atoms with Crippen LogP contribution in [0, 0.1) is 0 Å². The van der Waals surface area contributed by atoms with E-state index in [0.717, 1.165) is 17.5 Å². The maximum Gasteiger partial charge on any atom is 0.251 e. The molecule has 1 aromatic carbocycles. The molecule has 0 saturated carbocycles. The second kappa shape index (κ2) is 5.97. The average molecular weight is 298 g/mol. The van der Waals surface area contributed by atoms with Crippen molar-refractivity contribution in [3.63, 3.8) is 0 Å². The van der Waals surface area contributed by atoms with Crippen LogP contribution in [0.2, 0.25) is 0 Å². The largest absolute Gasteiger partial charge is 0.348 e. The van der Waals surface area contributed by atoms with Crippen LogP contribution in [0.15, 0.2) is 36.9 Å².